The Kier molecular flexibility index (Phi) is 5.99. The van der Waals surface area contributed by atoms with E-state index in [0.29, 0.717) is 23.6 Å². The molecule has 0 saturated carbocycles. The molecule has 0 radical (unpaired) electrons. The topological polar surface area (TPSA) is 56.6 Å². The average Bonchev–Trinajstić information content (AvgIpc) is 3.17. The molecule has 6 nitrogen and oxygen atoms in total. The molecule has 0 fully saturated rings. The van der Waals surface area contributed by atoms with Gasteiger partial charge in [-0.2, -0.15) is 5.10 Å². The number of hydrogen-bond acceptors (Lipinski definition) is 4. The Morgan fingerprint density at radius 1 is 1.04 bits per heavy atom. The lowest BCUT2D eigenvalue weighted by Crippen LogP contribution is -2.28. The highest BCUT2D eigenvalue weighted by atomic mass is 16.5. The van der Waals surface area contributed by atoms with E-state index < -0.39 is 0 Å². The van der Waals surface area contributed by atoms with Crippen molar-refractivity contribution in [1.82, 2.24) is 14.7 Å². The third-order valence-corrected chi connectivity index (χ3v) is 4.72. The fourth-order valence-corrected chi connectivity index (χ4v) is 3.04. The number of aryl methyl sites for hydroxylation is 1. The maximum absolute atomic E-state index is 12.7. The molecule has 2 aromatic carbocycles. The number of carbonyl (C=O) groups excluding carboxylic acids is 1. The number of likely N-dealkylation sites (N-methyl/N-ethyl adjacent to an activating group) is 1. The summed E-state index contributed by atoms with van der Waals surface area (Å²) in [5.41, 5.74) is 3.73. The maximum Gasteiger partial charge on any atom is 0.253 e. The summed E-state index contributed by atoms with van der Waals surface area (Å²) in [6.07, 6.45) is 2.49. The van der Waals surface area contributed by atoms with Crippen molar-refractivity contribution in [3.8, 4) is 17.2 Å². The zero-order chi connectivity index (χ0) is 20.1. The van der Waals surface area contributed by atoms with E-state index in [9.17, 15) is 4.79 Å². The molecule has 0 atom stereocenters. The summed E-state index contributed by atoms with van der Waals surface area (Å²) in [7, 11) is 5.04. The Morgan fingerprint density at radius 3 is 2.36 bits per heavy atom. The Bertz CT molecular complexity index is 948. The van der Waals surface area contributed by atoms with Crippen LogP contribution in [0.4, 0.5) is 0 Å². The van der Waals surface area contributed by atoms with Crippen molar-refractivity contribution < 1.29 is 14.3 Å². The zero-order valence-electron chi connectivity index (χ0n) is 16.7. The fourth-order valence-electron chi connectivity index (χ4n) is 3.04. The first-order valence-corrected chi connectivity index (χ1v) is 9.11. The summed E-state index contributed by atoms with van der Waals surface area (Å²) in [6.45, 7) is 2.60. The molecule has 3 aromatic rings. The van der Waals surface area contributed by atoms with Crippen LogP contribution in [0.15, 0.2) is 54.7 Å². The molecule has 0 spiro atoms. The third kappa shape index (κ3) is 4.17. The summed E-state index contributed by atoms with van der Waals surface area (Å²) >= 11 is 0. The van der Waals surface area contributed by atoms with Gasteiger partial charge in [-0.05, 0) is 61.4 Å². The van der Waals surface area contributed by atoms with Gasteiger partial charge in [0.2, 0.25) is 0 Å². The monoisotopic (exact) mass is 379 g/mol. The van der Waals surface area contributed by atoms with Crippen molar-refractivity contribution in [1.29, 1.82) is 0 Å². The molecule has 28 heavy (non-hydrogen) atoms. The van der Waals surface area contributed by atoms with Gasteiger partial charge >= 0.3 is 0 Å². The van der Waals surface area contributed by atoms with Crippen molar-refractivity contribution in [2.75, 3.05) is 27.8 Å². The maximum atomic E-state index is 12.7. The lowest BCUT2D eigenvalue weighted by molar-refractivity contribution is 0.0796. The van der Waals surface area contributed by atoms with E-state index in [-0.39, 0.29) is 5.91 Å². The van der Waals surface area contributed by atoms with Gasteiger partial charge in [0, 0.05) is 31.0 Å². The number of methoxy groups -OCH3 is 2. The first kappa shape index (κ1) is 19.5. The number of rotatable bonds is 7. The predicted molar refractivity (Wildman–Crippen MR) is 109 cm³/mol. The smallest absolute Gasteiger partial charge is 0.253 e. The van der Waals surface area contributed by atoms with E-state index in [1.807, 2.05) is 67.2 Å². The highest BCUT2D eigenvalue weighted by molar-refractivity contribution is 5.94. The molecule has 1 aromatic heterocycles. The highest BCUT2D eigenvalue weighted by Gasteiger charge is 2.13. The first-order valence-electron chi connectivity index (χ1n) is 9.11. The van der Waals surface area contributed by atoms with Gasteiger partial charge in [0.05, 0.1) is 19.9 Å². The number of ether oxygens (including phenoxy) is 2. The van der Waals surface area contributed by atoms with E-state index in [2.05, 4.69) is 5.10 Å². The van der Waals surface area contributed by atoms with Crippen LogP contribution >= 0.6 is 0 Å². The minimum Gasteiger partial charge on any atom is -0.493 e. The van der Waals surface area contributed by atoms with Crippen LogP contribution in [0.25, 0.3) is 5.69 Å². The number of hydrogen-bond donors (Lipinski definition) is 0. The van der Waals surface area contributed by atoms with Crippen LogP contribution in [0.2, 0.25) is 0 Å². The van der Waals surface area contributed by atoms with E-state index in [4.69, 9.17) is 9.47 Å². The molecule has 1 amide bonds. The summed E-state index contributed by atoms with van der Waals surface area (Å²) in [5, 5.41) is 4.29. The van der Waals surface area contributed by atoms with Crippen LogP contribution in [0.1, 0.15) is 21.6 Å². The van der Waals surface area contributed by atoms with E-state index in [1.54, 1.807) is 25.3 Å². The van der Waals surface area contributed by atoms with E-state index >= 15 is 0 Å². The third-order valence-electron chi connectivity index (χ3n) is 4.72. The highest BCUT2D eigenvalue weighted by Crippen LogP contribution is 2.27. The van der Waals surface area contributed by atoms with Gasteiger partial charge in [-0.25, -0.2) is 4.68 Å². The van der Waals surface area contributed by atoms with Gasteiger partial charge < -0.3 is 14.4 Å². The van der Waals surface area contributed by atoms with E-state index in [0.717, 1.165) is 23.4 Å². The minimum atomic E-state index is -0.00999. The zero-order valence-corrected chi connectivity index (χ0v) is 16.7. The first-order chi connectivity index (χ1) is 13.5. The number of amides is 1. The second-order valence-corrected chi connectivity index (χ2v) is 6.60. The number of nitrogens with zero attached hydrogens (tertiary/aromatic N) is 3. The largest absolute Gasteiger partial charge is 0.493 e. The molecule has 1 heterocycles. The second kappa shape index (κ2) is 8.61. The molecule has 0 saturated heterocycles. The molecule has 6 heteroatoms. The van der Waals surface area contributed by atoms with Crippen LogP contribution in [-0.2, 0) is 6.42 Å². The van der Waals surface area contributed by atoms with Crippen LogP contribution in [-0.4, -0.2) is 48.4 Å². The molecule has 0 bridgehead atoms. The molecule has 0 unspecified atom stereocenters. The Hall–Kier alpha value is -3.28. The molecule has 0 aliphatic carbocycles. The Morgan fingerprint density at radius 2 is 1.75 bits per heavy atom. The van der Waals surface area contributed by atoms with Crippen molar-refractivity contribution >= 4 is 5.91 Å². The molecule has 0 aliphatic heterocycles. The standard InChI is InChI=1S/C22H25N3O3/c1-16-11-13-23-25(16)19-8-6-18(7-9-19)22(26)24(2)14-12-17-5-10-20(27-3)21(15-17)28-4/h5-11,13,15H,12,14H2,1-4H3. The second-order valence-electron chi connectivity index (χ2n) is 6.60. The summed E-state index contributed by atoms with van der Waals surface area (Å²) in [4.78, 5) is 14.4. The molecule has 0 aliphatic rings. The van der Waals surface area contributed by atoms with Crippen LogP contribution < -0.4 is 9.47 Å². The average molecular weight is 379 g/mol. The van der Waals surface area contributed by atoms with Gasteiger partial charge in [-0.15, -0.1) is 0 Å². The van der Waals surface area contributed by atoms with Gasteiger partial charge in [-0.1, -0.05) is 6.07 Å². The van der Waals surface area contributed by atoms with Crippen molar-refractivity contribution in [2.45, 2.75) is 13.3 Å². The Balaban J connectivity index is 1.64. The molecule has 3 rings (SSSR count). The normalized spacial score (nSPS) is 10.6. The van der Waals surface area contributed by atoms with Gasteiger partial charge in [0.1, 0.15) is 0 Å². The molecular weight excluding hydrogens is 354 g/mol. The number of carbonyl (C=O) groups is 1. The predicted octanol–water partition coefficient (Wildman–Crippen LogP) is 3.51. The van der Waals surface area contributed by atoms with Crippen molar-refractivity contribution in [2.24, 2.45) is 0 Å². The summed E-state index contributed by atoms with van der Waals surface area (Å²) in [6, 6.07) is 15.3. The summed E-state index contributed by atoms with van der Waals surface area (Å²) < 4.78 is 12.4. The van der Waals surface area contributed by atoms with Gasteiger partial charge in [0.25, 0.3) is 5.91 Å². The summed E-state index contributed by atoms with van der Waals surface area (Å²) in [5.74, 6) is 1.38. The number of benzene rings is 2. The molecule has 146 valence electrons. The quantitative estimate of drug-likeness (QED) is 0.630. The van der Waals surface area contributed by atoms with Gasteiger partial charge in [-0.3, -0.25) is 4.79 Å². The van der Waals surface area contributed by atoms with Crippen molar-refractivity contribution in [3.63, 3.8) is 0 Å². The SMILES string of the molecule is COc1ccc(CCN(C)C(=O)c2ccc(-n3nccc3C)cc2)cc1OC. The van der Waals surface area contributed by atoms with Crippen LogP contribution in [0.3, 0.4) is 0 Å². The number of aromatic nitrogens is 2. The molecule has 0 N–H and O–H groups in total. The van der Waals surface area contributed by atoms with Crippen LogP contribution in [0, 0.1) is 6.92 Å². The van der Waals surface area contributed by atoms with Crippen molar-refractivity contribution in [3.05, 3.63) is 71.5 Å². The lowest BCUT2D eigenvalue weighted by atomic mass is 10.1. The van der Waals surface area contributed by atoms with E-state index in [1.165, 1.54) is 0 Å². The lowest BCUT2D eigenvalue weighted by Gasteiger charge is -2.18. The minimum absolute atomic E-state index is 0.00999. The van der Waals surface area contributed by atoms with Crippen LogP contribution in [0.5, 0.6) is 11.5 Å². The Labute approximate surface area is 165 Å². The molecular formula is C22H25N3O3. The fraction of sp³-hybridized carbons (Fsp3) is 0.273. The van der Waals surface area contributed by atoms with Gasteiger partial charge in [0.15, 0.2) is 11.5 Å².